The lowest BCUT2D eigenvalue weighted by atomic mass is 10.1. The molecule has 1 saturated heterocycles. The number of benzene rings is 1. The lowest BCUT2D eigenvalue weighted by Crippen LogP contribution is -2.36. The molecule has 2 rings (SSSR count). The van der Waals surface area contributed by atoms with Crippen molar-refractivity contribution in [2.45, 2.75) is 24.8 Å². The van der Waals surface area contributed by atoms with Gasteiger partial charge in [0.1, 0.15) is 0 Å². The molecule has 2 atom stereocenters. The number of rotatable bonds is 3. The highest BCUT2D eigenvalue weighted by Gasteiger charge is 2.38. The lowest BCUT2D eigenvalue weighted by Gasteiger charge is -2.22. The Bertz CT molecular complexity index is 677. The van der Waals surface area contributed by atoms with Gasteiger partial charge in [-0.2, -0.15) is 9.57 Å². The van der Waals surface area contributed by atoms with Crippen molar-refractivity contribution in [3.8, 4) is 6.07 Å². The van der Waals surface area contributed by atoms with Crippen molar-refractivity contribution in [2.24, 2.45) is 5.92 Å². The van der Waals surface area contributed by atoms with Crippen LogP contribution in [-0.4, -0.2) is 50.8 Å². The highest BCUT2D eigenvalue weighted by molar-refractivity contribution is 7.89. The van der Waals surface area contributed by atoms with Gasteiger partial charge < -0.3 is 4.90 Å². The minimum absolute atomic E-state index is 0.222. The molecule has 0 aliphatic carbocycles. The number of hydrogen-bond acceptors (Lipinski definition) is 4. The first-order chi connectivity index (χ1) is 9.77. The largest absolute Gasteiger partial charge is 0.305 e. The number of nitrogens with zero attached hydrogens (tertiary/aromatic N) is 3. The van der Waals surface area contributed by atoms with E-state index in [2.05, 4.69) is 11.8 Å². The average Bonchev–Trinajstić information content (AvgIpc) is 2.82. The molecule has 21 heavy (non-hydrogen) atoms. The van der Waals surface area contributed by atoms with Gasteiger partial charge in [0.15, 0.2) is 0 Å². The zero-order valence-corrected chi connectivity index (χ0v) is 13.7. The third-order valence-corrected chi connectivity index (χ3v) is 6.11. The summed E-state index contributed by atoms with van der Waals surface area (Å²) in [5.41, 5.74) is 1.05. The average molecular weight is 307 g/mol. The van der Waals surface area contributed by atoms with Gasteiger partial charge in [-0.3, -0.25) is 0 Å². The summed E-state index contributed by atoms with van der Waals surface area (Å²) in [4.78, 5) is 2.31. The summed E-state index contributed by atoms with van der Waals surface area (Å²) in [6.07, 6.45) is 0. The predicted octanol–water partition coefficient (Wildman–Crippen LogP) is 1.44. The van der Waals surface area contributed by atoms with Crippen LogP contribution in [0.3, 0.4) is 0 Å². The molecule has 0 N–H and O–H groups in total. The molecule has 1 aliphatic rings. The van der Waals surface area contributed by atoms with E-state index < -0.39 is 10.0 Å². The standard InChI is InChI=1S/C15H21N3O2S/c1-11-5-6-13(8-16)7-15(11)21(19,20)18-9-12(2)14(10-18)17(3)4/h5-7,12,14H,9-10H2,1-4H3. The second kappa shape index (κ2) is 5.76. The minimum Gasteiger partial charge on any atom is -0.305 e. The summed E-state index contributed by atoms with van der Waals surface area (Å²) in [5, 5.41) is 8.98. The van der Waals surface area contributed by atoms with E-state index in [4.69, 9.17) is 5.26 Å². The fourth-order valence-corrected chi connectivity index (χ4v) is 4.67. The molecule has 0 aromatic heterocycles. The number of hydrogen-bond donors (Lipinski definition) is 0. The molecule has 6 heteroatoms. The van der Waals surface area contributed by atoms with Gasteiger partial charge in [0, 0.05) is 19.1 Å². The maximum Gasteiger partial charge on any atom is 0.243 e. The molecule has 1 heterocycles. The van der Waals surface area contributed by atoms with Crippen molar-refractivity contribution in [2.75, 3.05) is 27.2 Å². The van der Waals surface area contributed by atoms with Crippen LogP contribution < -0.4 is 0 Å². The maximum absolute atomic E-state index is 12.8. The first-order valence-electron chi connectivity index (χ1n) is 6.94. The minimum atomic E-state index is -3.55. The van der Waals surface area contributed by atoms with Crippen LogP contribution in [0.5, 0.6) is 0 Å². The normalized spacial score (nSPS) is 23.4. The van der Waals surface area contributed by atoms with Crippen LogP contribution >= 0.6 is 0 Å². The fourth-order valence-electron chi connectivity index (χ4n) is 2.86. The van der Waals surface area contributed by atoms with Crippen molar-refractivity contribution >= 4 is 10.0 Å². The van der Waals surface area contributed by atoms with Crippen LogP contribution in [0.25, 0.3) is 0 Å². The van der Waals surface area contributed by atoms with Crippen LogP contribution in [0.4, 0.5) is 0 Å². The van der Waals surface area contributed by atoms with Crippen molar-refractivity contribution < 1.29 is 8.42 Å². The highest BCUT2D eigenvalue weighted by Crippen LogP contribution is 2.28. The van der Waals surface area contributed by atoms with Gasteiger partial charge in [0.25, 0.3) is 0 Å². The Morgan fingerprint density at radius 2 is 2.00 bits per heavy atom. The summed E-state index contributed by atoms with van der Waals surface area (Å²) >= 11 is 0. The quantitative estimate of drug-likeness (QED) is 0.847. The summed E-state index contributed by atoms with van der Waals surface area (Å²) < 4.78 is 27.2. The van der Waals surface area contributed by atoms with E-state index in [1.54, 1.807) is 19.1 Å². The van der Waals surface area contributed by atoms with Crippen LogP contribution in [0.1, 0.15) is 18.1 Å². The van der Waals surface area contributed by atoms with E-state index in [0.717, 1.165) is 0 Å². The molecule has 2 unspecified atom stereocenters. The highest BCUT2D eigenvalue weighted by atomic mass is 32.2. The van der Waals surface area contributed by atoms with Crippen molar-refractivity contribution in [3.05, 3.63) is 29.3 Å². The third kappa shape index (κ3) is 2.95. The van der Waals surface area contributed by atoms with E-state index in [1.807, 2.05) is 20.2 Å². The van der Waals surface area contributed by atoms with Gasteiger partial charge in [-0.25, -0.2) is 8.42 Å². The Labute approximate surface area is 126 Å². The number of sulfonamides is 1. The molecule has 0 bridgehead atoms. The van der Waals surface area contributed by atoms with Crippen LogP contribution in [0.2, 0.25) is 0 Å². The summed E-state index contributed by atoms with van der Waals surface area (Å²) in [6, 6.07) is 7.03. The van der Waals surface area contributed by atoms with Gasteiger partial charge in [0.2, 0.25) is 10.0 Å². The zero-order valence-electron chi connectivity index (χ0n) is 12.9. The van der Waals surface area contributed by atoms with Gasteiger partial charge in [-0.1, -0.05) is 13.0 Å². The molecule has 1 aromatic rings. The molecule has 0 spiro atoms. The monoisotopic (exact) mass is 307 g/mol. The van der Waals surface area contributed by atoms with Crippen LogP contribution in [-0.2, 0) is 10.0 Å². The maximum atomic E-state index is 12.8. The Balaban J connectivity index is 2.38. The molecular weight excluding hydrogens is 286 g/mol. The molecule has 0 amide bonds. The smallest absolute Gasteiger partial charge is 0.243 e. The molecule has 5 nitrogen and oxygen atoms in total. The zero-order chi connectivity index (χ0) is 15.8. The van der Waals surface area contributed by atoms with Gasteiger partial charge >= 0.3 is 0 Å². The number of likely N-dealkylation sites (N-methyl/N-ethyl adjacent to an activating group) is 1. The van der Waals surface area contributed by atoms with E-state index in [-0.39, 0.29) is 16.9 Å². The molecular formula is C15H21N3O2S. The van der Waals surface area contributed by atoms with Crippen LogP contribution in [0, 0.1) is 24.2 Å². The van der Waals surface area contributed by atoms with Crippen molar-refractivity contribution in [1.82, 2.24) is 9.21 Å². The van der Waals surface area contributed by atoms with Crippen molar-refractivity contribution in [3.63, 3.8) is 0 Å². The molecule has 0 saturated carbocycles. The van der Waals surface area contributed by atoms with Crippen molar-refractivity contribution in [1.29, 1.82) is 5.26 Å². The van der Waals surface area contributed by atoms with E-state index in [1.165, 1.54) is 10.4 Å². The SMILES string of the molecule is Cc1ccc(C#N)cc1S(=O)(=O)N1CC(C)C(N(C)C)C1. The number of nitriles is 1. The van der Waals surface area contributed by atoms with Gasteiger partial charge in [-0.15, -0.1) is 0 Å². The van der Waals surface area contributed by atoms with Crippen LogP contribution in [0.15, 0.2) is 23.1 Å². The van der Waals surface area contributed by atoms with Gasteiger partial charge in [0.05, 0.1) is 16.5 Å². The summed E-state index contributed by atoms with van der Waals surface area (Å²) in [5.74, 6) is 0.286. The summed E-state index contributed by atoms with van der Waals surface area (Å²) in [6.45, 7) is 4.84. The van der Waals surface area contributed by atoms with E-state index >= 15 is 0 Å². The van der Waals surface area contributed by atoms with E-state index in [9.17, 15) is 8.42 Å². The second-order valence-corrected chi connectivity index (χ2v) is 7.83. The molecule has 1 fully saturated rings. The Morgan fingerprint density at radius 3 is 2.52 bits per heavy atom. The molecule has 1 aromatic carbocycles. The van der Waals surface area contributed by atoms with Gasteiger partial charge in [-0.05, 0) is 44.6 Å². The lowest BCUT2D eigenvalue weighted by molar-refractivity contribution is 0.263. The molecule has 114 valence electrons. The van der Waals surface area contributed by atoms with E-state index in [0.29, 0.717) is 24.2 Å². The topological polar surface area (TPSA) is 64.4 Å². The Hall–Kier alpha value is -1.42. The molecule has 0 radical (unpaired) electrons. The number of aryl methyl sites for hydroxylation is 1. The first-order valence-corrected chi connectivity index (χ1v) is 8.38. The summed E-state index contributed by atoms with van der Waals surface area (Å²) in [7, 11) is 0.396. The Morgan fingerprint density at radius 1 is 1.33 bits per heavy atom. The third-order valence-electron chi connectivity index (χ3n) is 4.14. The molecule has 1 aliphatic heterocycles. The fraction of sp³-hybridized carbons (Fsp3) is 0.533. The predicted molar refractivity (Wildman–Crippen MR) is 81.3 cm³/mol. The second-order valence-electron chi connectivity index (χ2n) is 5.92. The first kappa shape index (κ1) is 16.0. The Kier molecular flexibility index (Phi) is 4.38.